The number of hydrogen-bond acceptors (Lipinski definition) is 6. The third kappa shape index (κ3) is 6.98. The number of benzene rings is 4. The van der Waals surface area contributed by atoms with Crippen LogP contribution in [-0.2, 0) is 32.0 Å². The molecule has 0 spiro atoms. The maximum absolute atomic E-state index is 13.5. The van der Waals surface area contributed by atoms with Crippen LogP contribution < -0.4 is 9.47 Å². The third-order valence-electron chi connectivity index (χ3n) is 6.37. The molecule has 1 aromatic heterocycles. The van der Waals surface area contributed by atoms with Crippen LogP contribution in [0.1, 0.15) is 18.1 Å². The number of halogens is 1. The van der Waals surface area contributed by atoms with Crippen molar-refractivity contribution >= 4 is 22.8 Å². The molecule has 5 rings (SSSR count). The van der Waals surface area contributed by atoms with Gasteiger partial charge in [0.15, 0.2) is 6.79 Å². The van der Waals surface area contributed by atoms with Crippen molar-refractivity contribution in [3.63, 3.8) is 0 Å². The molecule has 41 heavy (non-hydrogen) atoms. The smallest absolute Gasteiger partial charge is 0.312 e. The van der Waals surface area contributed by atoms with Crippen LogP contribution in [0, 0.1) is 5.82 Å². The molecule has 0 N–H and O–H groups in total. The minimum atomic E-state index is -0.386. The Morgan fingerprint density at radius 3 is 2.34 bits per heavy atom. The van der Waals surface area contributed by atoms with Gasteiger partial charge in [-0.25, -0.2) is 4.39 Å². The third-order valence-corrected chi connectivity index (χ3v) is 6.37. The first kappa shape index (κ1) is 27.6. The highest BCUT2D eigenvalue weighted by Gasteiger charge is 2.15. The second kappa shape index (κ2) is 12.5. The van der Waals surface area contributed by atoms with Crippen LogP contribution in [0.5, 0.6) is 17.2 Å². The Kier molecular flexibility index (Phi) is 8.41. The maximum atomic E-state index is 13.5. The summed E-state index contributed by atoms with van der Waals surface area (Å²) in [5.74, 6) is 0.343. The largest absolute Gasteiger partial charge is 0.457 e. The molecule has 0 aliphatic heterocycles. The molecule has 0 aliphatic carbocycles. The average Bonchev–Trinajstić information content (AvgIpc) is 3.28. The van der Waals surface area contributed by atoms with Gasteiger partial charge in [-0.2, -0.15) is 0 Å². The molecule has 0 atom stereocenters. The summed E-state index contributed by atoms with van der Waals surface area (Å²) >= 11 is 0. The van der Waals surface area contributed by atoms with E-state index < -0.39 is 0 Å². The topological polar surface area (TPSA) is 76.0 Å². The fourth-order valence-corrected chi connectivity index (χ4v) is 4.58. The molecule has 208 valence electrons. The fraction of sp³-hybridized carbons (Fsp3) is 0.152. The van der Waals surface area contributed by atoms with Gasteiger partial charge < -0.3 is 23.5 Å². The SMILES string of the molecule is COCOC(=O)Cc1cn(Cc2ccc(Oc3cccc(F)c3)cc2)c2cc(-c3cccc(OC(C)=O)c3)ccc12. The number of ether oxygens (including phenoxy) is 4. The van der Waals surface area contributed by atoms with E-state index in [9.17, 15) is 14.0 Å². The molecule has 0 fully saturated rings. The second-order valence-electron chi connectivity index (χ2n) is 9.44. The molecule has 0 aliphatic rings. The van der Waals surface area contributed by atoms with Crippen LogP contribution in [0.25, 0.3) is 22.0 Å². The summed E-state index contributed by atoms with van der Waals surface area (Å²) in [7, 11) is 1.46. The van der Waals surface area contributed by atoms with Gasteiger partial charge in [0.05, 0.1) is 6.42 Å². The van der Waals surface area contributed by atoms with E-state index in [1.54, 1.807) is 18.2 Å². The van der Waals surface area contributed by atoms with Gasteiger partial charge in [-0.15, -0.1) is 0 Å². The molecule has 0 unspecified atom stereocenters. The van der Waals surface area contributed by atoms with Crippen LogP contribution in [0.15, 0.2) is 97.2 Å². The van der Waals surface area contributed by atoms with E-state index in [1.165, 1.54) is 26.2 Å². The molecule has 7 nitrogen and oxygen atoms in total. The molecule has 0 radical (unpaired) electrons. The molecule has 1 heterocycles. The van der Waals surface area contributed by atoms with Gasteiger partial charge in [0, 0.05) is 43.7 Å². The number of carbonyl (C=O) groups excluding carboxylic acids is 2. The summed E-state index contributed by atoms with van der Waals surface area (Å²) in [4.78, 5) is 23.9. The van der Waals surface area contributed by atoms with Gasteiger partial charge in [0.1, 0.15) is 23.1 Å². The summed E-state index contributed by atoms with van der Waals surface area (Å²) in [6, 6.07) is 26.9. The molecular formula is C33H28FNO6. The number of methoxy groups -OCH3 is 1. The quantitative estimate of drug-likeness (QED) is 0.106. The van der Waals surface area contributed by atoms with Gasteiger partial charge in [-0.1, -0.05) is 42.5 Å². The Balaban J connectivity index is 1.45. The highest BCUT2D eigenvalue weighted by atomic mass is 19.1. The van der Waals surface area contributed by atoms with Crippen molar-refractivity contribution in [3.8, 4) is 28.4 Å². The monoisotopic (exact) mass is 553 g/mol. The number of rotatable bonds is 10. The van der Waals surface area contributed by atoms with Crippen LogP contribution in [0.4, 0.5) is 4.39 Å². The van der Waals surface area contributed by atoms with Gasteiger partial charge >= 0.3 is 11.9 Å². The van der Waals surface area contributed by atoms with Crippen molar-refractivity contribution in [3.05, 3.63) is 114 Å². The molecule has 8 heteroatoms. The maximum Gasteiger partial charge on any atom is 0.312 e. The number of carbonyl (C=O) groups is 2. The predicted molar refractivity (Wildman–Crippen MR) is 152 cm³/mol. The molecule has 4 aromatic carbocycles. The zero-order chi connectivity index (χ0) is 28.8. The van der Waals surface area contributed by atoms with Crippen LogP contribution in [0.2, 0.25) is 0 Å². The van der Waals surface area contributed by atoms with Crippen molar-refractivity contribution in [1.29, 1.82) is 0 Å². The first-order valence-corrected chi connectivity index (χ1v) is 13.0. The molecule has 0 saturated heterocycles. The van der Waals surface area contributed by atoms with E-state index in [0.717, 1.165) is 33.2 Å². The van der Waals surface area contributed by atoms with Gasteiger partial charge in [0.2, 0.25) is 0 Å². The summed E-state index contributed by atoms with van der Waals surface area (Å²) in [6.07, 6.45) is 2.05. The molecular weight excluding hydrogens is 525 g/mol. The van der Waals surface area contributed by atoms with E-state index in [1.807, 2.05) is 66.9 Å². The number of aromatic nitrogens is 1. The van der Waals surface area contributed by atoms with Crippen molar-refractivity contribution in [2.45, 2.75) is 19.9 Å². The van der Waals surface area contributed by atoms with Crippen molar-refractivity contribution in [2.24, 2.45) is 0 Å². The number of fused-ring (bicyclic) bond motifs is 1. The van der Waals surface area contributed by atoms with Crippen molar-refractivity contribution in [1.82, 2.24) is 4.57 Å². The molecule has 0 bridgehead atoms. The first-order chi connectivity index (χ1) is 19.9. The molecule has 0 amide bonds. The zero-order valence-electron chi connectivity index (χ0n) is 22.6. The van der Waals surface area contributed by atoms with Crippen molar-refractivity contribution in [2.75, 3.05) is 13.9 Å². The number of nitrogens with zero attached hydrogens (tertiary/aromatic N) is 1. The van der Waals surface area contributed by atoms with Gasteiger partial charge in [-0.05, 0) is 64.7 Å². The Morgan fingerprint density at radius 1 is 0.829 bits per heavy atom. The number of esters is 2. The summed E-state index contributed by atoms with van der Waals surface area (Å²) in [5.41, 5.74) is 4.57. The van der Waals surface area contributed by atoms with Gasteiger partial charge in [0.25, 0.3) is 0 Å². The normalized spacial score (nSPS) is 10.9. The zero-order valence-corrected chi connectivity index (χ0v) is 22.6. The van der Waals surface area contributed by atoms with E-state index >= 15 is 0 Å². The van der Waals surface area contributed by atoms with E-state index in [2.05, 4.69) is 4.57 Å². The fourth-order valence-electron chi connectivity index (χ4n) is 4.58. The van der Waals surface area contributed by atoms with Crippen LogP contribution in [0.3, 0.4) is 0 Å². The van der Waals surface area contributed by atoms with Crippen LogP contribution >= 0.6 is 0 Å². The average molecular weight is 554 g/mol. The minimum absolute atomic E-state index is 0.0918. The summed E-state index contributed by atoms with van der Waals surface area (Å²) in [5, 5.41) is 0.922. The van der Waals surface area contributed by atoms with Crippen molar-refractivity contribution < 1.29 is 32.9 Å². The lowest BCUT2D eigenvalue weighted by molar-refractivity contribution is -0.153. The summed E-state index contributed by atoms with van der Waals surface area (Å²) in [6.45, 7) is 1.79. The second-order valence-corrected chi connectivity index (χ2v) is 9.44. The minimum Gasteiger partial charge on any atom is -0.457 e. The van der Waals surface area contributed by atoms with E-state index in [4.69, 9.17) is 18.9 Å². The Morgan fingerprint density at radius 2 is 1.59 bits per heavy atom. The lowest BCUT2D eigenvalue weighted by Gasteiger charge is -2.10. The number of hydrogen-bond donors (Lipinski definition) is 0. The van der Waals surface area contributed by atoms with E-state index in [0.29, 0.717) is 23.8 Å². The van der Waals surface area contributed by atoms with E-state index in [-0.39, 0.29) is 31.0 Å². The molecule has 5 aromatic rings. The molecule has 0 saturated carbocycles. The highest BCUT2D eigenvalue weighted by molar-refractivity contribution is 5.91. The van der Waals surface area contributed by atoms with Gasteiger partial charge in [-0.3, -0.25) is 9.59 Å². The Hall–Kier alpha value is -4.95. The lowest BCUT2D eigenvalue weighted by atomic mass is 10.0. The lowest BCUT2D eigenvalue weighted by Crippen LogP contribution is -2.09. The Bertz CT molecular complexity index is 1690. The standard InChI is InChI=1S/C33H28FNO6/c1-22(36)40-29-7-3-5-24(15-29)25-11-14-31-26(17-33(37)39-21-38-2)20-35(32(31)16-25)19-23-9-12-28(13-10-23)41-30-8-4-6-27(34)18-30/h3-16,18,20H,17,19,21H2,1-2H3. The highest BCUT2D eigenvalue weighted by Crippen LogP contribution is 2.31. The van der Waals surface area contributed by atoms with Crippen LogP contribution in [-0.4, -0.2) is 30.4 Å². The predicted octanol–water partition coefficient (Wildman–Crippen LogP) is 6.90. The first-order valence-electron chi connectivity index (χ1n) is 13.0. The summed E-state index contributed by atoms with van der Waals surface area (Å²) < 4.78 is 36.6. The Labute approximate surface area is 236 Å².